The van der Waals surface area contributed by atoms with Crippen molar-refractivity contribution < 1.29 is 23.1 Å². The third kappa shape index (κ3) is 3.85. The Morgan fingerprint density at radius 2 is 1.86 bits per heavy atom. The van der Waals surface area contributed by atoms with Crippen LogP contribution in [0.2, 0.25) is 0 Å². The first kappa shape index (κ1) is 18.8. The van der Waals surface area contributed by atoms with Gasteiger partial charge >= 0.3 is 0 Å². The minimum atomic E-state index is -1.08. The number of fused-ring (bicyclic) bond motifs is 1. The summed E-state index contributed by atoms with van der Waals surface area (Å²) in [6.45, 7) is 0.760. The highest BCUT2D eigenvalue weighted by molar-refractivity contribution is 5.78. The van der Waals surface area contributed by atoms with Crippen molar-refractivity contribution in [2.75, 3.05) is 18.0 Å². The van der Waals surface area contributed by atoms with E-state index >= 15 is 0 Å². The molecule has 1 fully saturated rings. The number of carbonyl (C=O) groups is 1. The number of amides is 1. The van der Waals surface area contributed by atoms with Crippen molar-refractivity contribution in [1.29, 1.82) is 0 Å². The molecule has 1 unspecified atom stereocenters. The molecule has 0 bridgehead atoms. The molecule has 2 aliphatic rings. The summed E-state index contributed by atoms with van der Waals surface area (Å²) >= 11 is 0. The van der Waals surface area contributed by atoms with Gasteiger partial charge in [0.05, 0.1) is 6.10 Å². The van der Waals surface area contributed by atoms with Crippen molar-refractivity contribution >= 4 is 11.6 Å². The lowest BCUT2D eigenvalue weighted by Crippen LogP contribution is -2.40. The number of aliphatic hydroxyl groups excluding tert-OH is 1. The van der Waals surface area contributed by atoms with Gasteiger partial charge < -0.3 is 14.9 Å². The molecule has 1 aliphatic heterocycles. The van der Waals surface area contributed by atoms with Crippen LogP contribution in [0.4, 0.5) is 18.9 Å². The molecule has 7 heteroatoms. The van der Waals surface area contributed by atoms with Gasteiger partial charge in [0.1, 0.15) is 5.82 Å². The first-order valence-corrected chi connectivity index (χ1v) is 9.38. The zero-order valence-corrected chi connectivity index (χ0v) is 15.2. The molecule has 4 nitrogen and oxygen atoms in total. The fraction of sp³-hybridized carbons (Fsp3) is 0.381. The second kappa shape index (κ2) is 7.47. The number of aliphatic hydroxyl groups is 1. The van der Waals surface area contributed by atoms with Gasteiger partial charge in [0.25, 0.3) is 0 Å². The van der Waals surface area contributed by atoms with E-state index in [-0.39, 0.29) is 36.3 Å². The van der Waals surface area contributed by atoms with Gasteiger partial charge in [-0.2, -0.15) is 0 Å². The van der Waals surface area contributed by atoms with Crippen LogP contribution in [0.15, 0.2) is 36.4 Å². The Balaban J connectivity index is 1.61. The fourth-order valence-corrected chi connectivity index (χ4v) is 3.70. The molecule has 0 spiro atoms. The van der Waals surface area contributed by atoms with Gasteiger partial charge in [-0.15, -0.1) is 0 Å². The van der Waals surface area contributed by atoms with E-state index in [1.165, 1.54) is 18.2 Å². The molecule has 1 N–H and O–H groups in total. The van der Waals surface area contributed by atoms with Crippen LogP contribution >= 0.6 is 0 Å². The summed E-state index contributed by atoms with van der Waals surface area (Å²) in [4.78, 5) is 16.2. The quantitative estimate of drug-likeness (QED) is 0.869. The van der Waals surface area contributed by atoms with Gasteiger partial charge in [0, 0.05) is 37.8 Å². The van der Waals surface area contributed by atoms with Crippen molar-refractivity contribution in [3.05, 3.63) is 65.0 Å². The lowest BCUT2D eigenvalue weighted by atomic mass is 10.0. The Bertz CT molecular complexity index is 901. The first-order valence-electron chi connectivity index (χ1n) is 9.38. The predicted octanol–water partition coefficient (Wildman–Crippen LogP) is 3.54. The minimum Gasteiger partial charge on any atom is -0.387 e. The average Bonchev–Trinajstić information content (AvgIpc) is 3.49. The van der Waals surface area contributed by atoms with E-state index < -0.39 is 17.7 Å². The maximum Gasteiger partial charge on any atom is 0.224 e. The predicted molar refractivity (Wildman–Crippen MR) is 98.1 cm³/mol. The summed E-state index contributed by atoms with van der Waals surface area (Å²) in [5, 5.41) is 10.5. The number of anilines is 1. The topological polar surface area (TPSA) is 43.8 Å². The molecule has 2 aromatic carbocycles. The molecule has 28 heavy (non-hydrogen) atoms. The van der Waals surface area contributed by atoms with Crippen molar-refractivity contribution in [3.63, 3.8) is 0 Å². The Kier molecular flexibility index (Phi) is 5.02. The number of hydrogen-bond acceptors (Lipinski definition) is 3. The van der Waals surface area contributed by atoms with Crippen LogP contribution < -0.4 is 4.90 Å². The molecule has 1 amide bonds. The van der Waals surface area contributed by atoms with Crippen molar-refractivity contribution in [2.24, 2.45) is 0 Å². The molecule has 2 aromatic rings. The SMILES string of the molecule is O=C1CCN(CC(O)c2ccc(F)c(F)c2)c2ccc(F)cc2CN1C1CC1. The summed E-state index contributed by atoms with van der Waals surface area (Å²) in [5.41, 5.74) is 1.66. The average molecular weight is 390 g/mol. The Hall–Kier alpha value is -2.54. The van der Waals surface area contributed by atoms with Crippen LogP contribution in [-0.4, -0.2) is 35.0 Å². The Morgan fingerprint density at radius 1 is 1.07 bits per heavy atom. The van der Waals surface area contributed by atoms with Gasteiger partial charge in [-0.1, -0.05) is 6.07 Å². The van der Waals surface area contributed by atoms with Crippen molar-refractivity contribution in [1.82, 2.24) is 4.90 Å². The monoisotopic (exact) mass is 390 g/mol. The van der Waals surface area contributed by atoms with Gasteiger partial charge in [-0.05, 0) is 54.3 Å². The summed E-state index contributed by atoms with van der Waals surface area (Å²) in [6.07, 6.45) is 1.13. The number of rotatable bonds is 4. The molecule has 0 radical (unpaired) electrons. The number of benzene rings is 2. The smallest absolute Gasteiger partial charge is 0.224 e. The Morgan fingerprint density at radius 3 is 2.57 bits per heavy atom. The molecule has 1 aliphatic carbocycles. The van der Waals surface area contributed by atoms with Crippen molar-refractivity contribution in [3.8, 4) is 0 Å². The molecule has 1 heterocycles. The van der Waals surface area contributed by atoms with Gasteiger partial charge in [0.15, 0.2) is 11.6 Å². The molecule has 1 atom stereocenters. The summed E-state index contributed by atoms with van der Waals surface area (Å²) in [7, 11) is 0. The second-order valence-electron chi connectivity index (χ2n) is 7.41. The van der Waals surface area contributed by atoms with E-state index in [2.05, 4.69) is 0 Å². The maximum atomic E-state index is 13.9. The largest absolute Gasteiger partial charge is 0.387 e. The number of nitrogens with zero attached hydrogens (tertiary/aromatic N) is 2. The van der Waals surface area contributed by atoms with E-state index in [0.29, 0.717) is 18.7 Å². The van der Waals surface area contributed by atoms with Crippen LogP contribution in [0.1, 0.15) is 36.5 Å². The summed E-state index contributed by atoms with van der Waals surface area (Å²) in [6, 6.07) is 7.91. The molecule has 1 saturated carbocycles. The normalized spacial score (nSPS) is 18.5. The lowest BCUT2D eigenvalue weighted by molar-refractivity contribution is -0.132. The van der Waals surface area contributed by atoms with Gasteiger partial charge in [-0.25, -0.2) is 13.2 Å². The van der Waals surface area contributed by atoms with E-state index in [1.54, 1.807) is 11.0 Å². The second-order valence-corrected chi connectivity index (χ2v) is 7.41. The zero-order valence-electron chi connectivity index (χ0n) is 15.2. The highest BCUT2D eigenvalue weighted by Gasteiger charge is 2.34. The van der Waals surface area contributed by atoms with E-state index in [1.807, 2.05) is 4.90 Å². The molecular weight excluding hydrogens is 369 g/mol. The Labute approximate surface area is 161 Å². The molecule has 148 valence electrons. The summed E-state index contributed by atoms with van der Waals surface area (Å²) < 4.78 is 40.5. The van der Waals surface area contributed by atoms with Crippen LogP contribution in [0.3, 0.4) is 0 Å². The van der Waals surface area contributed by atoms with E-state index in [0.717, 1.165) is 30.7 Å². The first-order chi connectivity index (χ1) is 13.4. The lowest BCUT2D eigenvalue weighted by Gasteiger charge is -2.34. The van der Waals surface area contributed by atoms with Crippen LogP contribution in [-0.2, 0) is 11.3 Å². The van der Waals surface area contributed by atoms with E-state index in [4.69, 9.17) is 0 Å². The number of halogens is 3. The van der Waals surface area contributed by atoms with Crippen LogP contribution in [0, 0.1) is 17.5 Å². The van der Waals surface area contributed by atoms with Crippen LogP contribution in [0.25, 0.3) is 0 Å². The molecule has 0 saturated heterocycles. The molecule has 4 rings (SSSR count). The van der Waals surface area contributed by atoms with Gasteiger partial charge in [-0.3, -0.25) is 4.79 Å². The zero-order chi connectivity index (χ0) is 19.8. The van der Waals surface area contributed by atoms with E-state index in [9.17, 15) is 23.1 Å². The number of β-amino-alcohol motifs (C(OH)–C–C–N with tert-alkyl or cyclic N) is 1. The minimum absolute atomic E-state index is 0.00438. The molecule has 0 aromatic heterocycles. The standard InChI is InChI=1S/C21H21F3N2O2/c22-15-2-6-19-14(9-15)11-26(16-3-4-16)21(28)7-8-25(19)12-20(27)13-1-5-17(23)18(24)10-13/h1-2,5-6,9-10,16,20,27H,3-4,7-8,11-12H2. The highest BCUT2D eigenvalue weighted by atomic mass is 19.2. The third-order valence-corrected chi connectivity index (χ3v) is 5.35. The van der Waals surface area contributed by atoms with Crippen molar-refractivity contribution in [2.45, 2.75) is 38.0 Å². The number of hydrogen-bond donors (Lipinski definition) is 1. The van der Waals surface area contributed by atoms with Crippen LogP contribution in [0.5, 0.6) is 0 Å². The highest BCUT2D eigenvalue weighted by Crippen LogP contribution is 2.34. The molecular formula is C21H21F3N2O2. The summed E-state index contributed by atoms with van der Waals surface area (Å²) in [5.74, 6) is -2.39. The number of carbonyl (C=O) groups excluding carboxylic acids is 1. The third-order valence-electron chi connectivity index (χ3n) is 5.35. The maximum absolute atomic E-state index is 13.9. The fourth-order valence-electron chi connectivity index (χ4n) is 3.70. The van der Waals surface area contributed by atoms with Gasteiger partial charge in [0.2, 0.25) is 5.91 Å².